The first-order chi connectivity index (χ1) is 9.54. The van der Waals surface area contributed by atoms with Crippen molar-refractivity contribution in [2.45, 2.75) is 25.5 Å². The van der Waals surface area contributed by atoms with Crippen molar-refractivity contribution in [1.82, 2.24) is 0 Å². The van der Waals surface area contributed by atoms with Gasteiger partial charge in [-0.1, -0.05) is 17.7 Å². The SMILES string of the molecule is Cc1cc(F)ccc1C1CC(N)c2cc(Cl)ccc2O1. The topological polar surface area (TPSA) is 35.2 Å². The molecule has 3 rings (SSSR count). The van der Waals surface area contributed by atoms with Gasteiger partial charge in [-0.15, -0.1) is 0 Å². The van der Waals surface area contributed by atoms with Crippen molar-refractivity contribution < 1.29 is 9.13 Å². The molecule has 0 radical (unpaired) electrons. The summed E-state index contributed by atoms with van der Waals surface area (Å²) in [7, 11) is 0. The predicted molar refractivity (Wildman–Crippen MR) is 77.5 cm³/mol. The molecule has 0 fully saturated rings. The summed E-state index contributed by atoms with van der Waals surface area (Å²) in [6.45, 7) is 1.88. The minimum Gasteiger partial charge on any atom is -0.485 e. The molecule has 104 valence electrons. The standard InChI is InChI=1S/C16H15ClFNO/c1-9-6-11(18)3-4-12(9)16-8-14(19)13-7-10(17)2-5-15(13)20-16/h2-7,14,16H,8,19H2,1H3. The summed E-state index contributed by atoms with van der Waals surface area (Å²) in [5, 5.41) is 0.652. The van der Waals surface area contributed by atoms with E-state index in [1.54, 1.807) is 12.1 Å². The Morgan fingerprint density at radius 1 is 1.20 bits per heavy atom. The fraction of sp³-hybridized carbons (Fsp3) is 0.250. The highest BCUT2D eigenvalue weighted by molar-refractivity contribution is 6.30. The fourth-order valence-corrected chi connectivity index (χ4v) is 2.85. The molecule has 2 N–H and O–H groups in total. The van der Waals surface area contributed by atoms with E-state index in [-0.39, 0.29) is 18.0 Å². The second-order valence-corrected chi connectivity index (χ2v) is 5.57. The lowest BCUT2D eigenvalue weighted by atomic mass is 9.92. The number of rotatable bonds is 1. The van der Waals surface area contributed by atoms with Crippen molar-refractivity contribution in [3.05, 3.63) is 63.9 Å². The summed E-state index contributed by atoms with van der Waals surface area (Å²) in [5.41, 5.74) is 8.98. The van der Waals surface area contributed by atoms with Crippen LogP contribution in [0.5, 0.6) is 5.75 Å². The summed E-state index contributed by atoms with van der Waals surface area (Å²) in [6, 6.07) is 10.1. The van der Waals surface area contributed by atoms with Crippen LogP contribution in [-0.4, -0.2) is 0 Å². The van der Waals surface area contributed by atoms with Crippen molar-refractivity contribution in [2.24, 2.45) is 5.73 Å². The number of benzene rings is 2. The number of ether oxygens (including phenoxy) is 1. The van der Waals surface area contributed by atoms with Gasteiger partial charge >= 0.3 is 0 Å². The molecule has 2 nitrogen and oxygen atoms in total. The second-order valence-electron chi connectivity index (χ2n) is 5.13. The van der Waals surface area contributed by atoms with Gasteiger partial charge in [0.1, 0.15) is 17.7 Å². The quantitative estimate of drug-likeness (QED) is 0.849. The van der Waals surface area contributed by atoms with Crippen LogP contribution in [0.25, 0.3) is 0 Å². The first-order valence-corrected chi connectivity index (χ1v) is 6.90. The smallest absolute Gasteiger partial charge is 0.126 e. The third-order valence-electron chi connectivity index (χ3n) is 3.69. The molecule has 0 bridgehead atoms. The first kappa shape index (κ1) is 13.4. The Morgan fingerprint density at radius 2 is 2.00 bits per heavy atom. The van der Waals surface area contributed by atoms with Crippen molar-refractivity contribution in [1.29, 1.82) is 0 Å². The third-order valence-corrected chi connectivity index (χ3v) is 3.92. The maximum Gasteiger partial charge on any atom is 0.126 e. The average Bonchev–Trinajstić information content (AvgIpc) is 2.39. The Balaban J connectivity index is 1.97. The summed E-state index contributed by atoms with van der Waals surface area (Å²) >= 11 is 5.99. The lowest BCUT2D eigenvalue weighted by Crippen LogP contribution is -2.24. The van der Waals surface area contributed by atoms with E-state index in [0.717, 1.165) is 22.4 Å². The van der Waals surface area contributed by atoms with Gasteiger partial charge in [-0.05, 0) is 48.4 Å². The minimum absolute atomic E-state index is 0.132. The van der Waals surface area contributed by atoms with Crippen LogP contribution in [0.15, 0.2) is 36.4 Å². The number of hydrogen-bond acceptors (Lipinski definition) is 2. The van der Waals surface area contributed by atoms with E-state index in [4.69, 9.17) is 22.1 Å². The summed E-state index contributed by atoms with van der Waals surface area (Å²) in [6.07, 6.45) is 0.499. The van der Waals surface area contributed by atoms with Crippen LogP contribution in [0.1, 0.15) is 35.3 Å². The molecule has 2 atom stereocenters. The molecular weight excluding hydrogens is 277 g/mol. The summed E-state index contributed by atoms with van der Waals surface area (Å²) in [4.78, 5) is 0. The molecule has 4 heteroatoms. The van der Waals surface area contributed by atoms with Crippen molar-refractivity contribution in [2.75, 3.05) is 0 Å². The number of aryl methyl sites for hydroxylation is 1. The molecule has 2 unspecified atom stereocenters. The Hall–Kier alpha value is -1.58. The van der Waals surface area contributed by atoms with E-state index in [2.05, 4.69) is 0 Å². The van der Waals surface area contributed by atoms with Crippen LogP contribution in [0.4, 0.5) is 4.39 Å². The molecule has 0 aromatic heterocycles. The van der Waals surface area contributed by atoms with Gasteiger partial charge < -0.3 is 10.5 Å². The zero-order valence-corrected chi connectivity index (χ0v) is 11.8. The van der Waals surface area contributed by atoms with Crippen LogP contribution in [0.3, 0.4) is 0 Å². The van der Waals surface area contributed by atoms with E-state index in [9.17, 15) is 4.39 Å². The molecule has 2 aromatic carbocycles. The van der Waals surface area contributed by atoms with Crippen LogP contribution in [-0.2, 0) is 0 Å². The van der Waals surface area contributed by atoms with E-state index in [0.29, 0.717) is 11.4 Å². The highest BCUT2D eigenvalue weighted by Gasteiger charge is 2.28. The molecule has 0 amide bonds. The fourth-order valence-electron chi connectivity index (χ4n) is 2.67. The summed E-state index contributed by atoms with van der Waals surface area (Å²) < 4.78 is 19.2. The third kappa shape index (κ3) is 2.39. The van der Waals surface area contributed by atoms with Gasteiger partial charge in [0, 0.05) is 23.0 Å². The Labute approximate surface area is 122 Å². The second kappa shape index (κ2) is 5.08. The van der Waals surface area contributed by atoms with Crippen LogP contribution < -0.4 is 10.5 Å². The van der Waals surface area contributed by atoms with Gasteiger partial charge in [0.25, 0.3) is 0 Å². The minimum atomic E-state index is -0.237. The Kier molecular flexibility index (Phi) is 3.40. The van der Waals surface area contributed by atoms with Gasteiger partial charge in [0.2, 0.25) is 0 Å². The molecule has 0 aliphatic carbocycles. The van der Waals surface area contributed by atoms with E-state index in [1.807, 2.05) is 19.1 Å². The Bertz CT molecular complexity index is 659. The zero-order chi connectivity index (χ0) is 14.3. The van der Waals surface area contributed by atoms with Crippen LogP contribution in [0, 0.1) is 12.7 Å². The molecule has 0 spiro atoms. The monoisotopic (exact) mass is 291 g/mol. The predicted octanol–water partition coefficient (Wildman–Crippen LogP) is 4.31. The maximum absolute atomic E-state index is 13.2. The largest absolute Gasteiger partial charge is 0.485 e. The molecule has 1 aliphatic rings. The molecule has 20 heavy (non-hydrogen) atoms. The van der Waals surface area contributed by atoms with Crippen molar-refractivity contribution >= 4 is 11.6 Å². The summed E-state index contributed by atoms with van der Waals surface area (Å²) in [5.74, 6) is 0.514. The number of halogens is 2. The van der Waals surface area contributed by atoms with Crippen LogP contribution >= 0.6 is 11.6 Å². The molecule has 0 saturated heterocycles. The van der Waals surface area contributed by atoms with E-state index < -0.39 is 0 Å². The van der Waals surface area contributed by atoms with E-state index >= 15 is 0 Å². The van der Waals surface area contributed by atoms with E-state index in [1.165, 1.54) is 12.1 Å². The molecule has 0 saturated carbocycles. The molecule has 1 heterocycles. The maximum atomic E-state index is 13.2. The zero-order valence-electron chi connectivity index (χ0n) is 11.1. The number of fused-ring (bicyclic) bond motifs is 1. The van der Waals surface area contributed by atoms with Gasteiger partial charge in [-0.2, -0.15) is 0 Å². The van der Waals surface area contributed by atoms with Gasteiger partial charge in [-0.25, -0.2) is 4.39 Å². The normalized spacial score (nSPS) is 21.2. The van der Waals surface area contributed by atoms with Crippen molar-refractivity contribution in [3.8, 4) is 5.75 Å². The van der Waals surface area contributed by atoms with Gasteiger partial charge in [0.15, 0.2) is 0 Å². The lowest BCUT2D eigenvalue weighted by Gasteiger charge is -2.31. The number of hydrogen-bond donors (Lipinski definition) is 1. The Morgan fingerprint density at radius 3 is 2.75 bits per heavy atom. The molecule has 2 aromatic rings. The van der Waals surface area contributed by atoms with Gasteiger partial charge in [0.05, 0.1) is 0 Å². The first-order valence-electron chi connectivity index (χ1n) is 6.52. The van der Waals surface area contributed by atoms with Crippen LogP contribution in [0.2, 0.25) is 5.02 Å². The van der Waals surface area contributed by atoms with Gasteiger partial charge in [-0.3, -0.25) is 0 Å². The molecule has 1 aliphatic heterocycles. The lowest BCUT2D eigenvalue weighted by molar-refractivity contribution is 0.161. The molecular formula is C16H15ClFNO. The highest BCUT2D eigenvalue weighted by atomic mass is 35.5. The average molecular weight is 292 g/mol. The van der Waals surface area contributed by atoms with Crippen molar-refractivity contribution in [3.63, 3.8) is 0 Å². The number of nitrogens with two attached hydrogens (primary N) is 1. The highest BCUT2D eigenvalue weighted by Crippen LogP contribution is 2.41.